The first-order chi connectivity index (χ1) is 7.31. The fourth-order valence-corrected chi connectivity index (χ4v) is 1.85. The highest BCUT2D eigenvalue weighted by Crippen LogP contribution is 2.29. The summed E-state index contributed by atoms with van der Waals surface area (Å²) in [6, 6.07) is 0. The zero-order valence-corrected chi connectivity index (χ0v) is 8.68. The van der Waals surface area contributed by atoms with Crippen molar-refractivity contribution in [3.63, 3.8) is 0 Å². The molecule has 80 valence electrons. The number of carbonyl (C=O) groups is 1. The summed E-state index contributed by atoms with van der Waals surface area (Å²) in [5, 5.41) is 0. The van der Waals surface area contributed by atoms with Crippen molar-refractivity contribution in [3.05, 3.63) is 36.3 Å². The van der Waals surface area contributed by atoms with E-state index >= 15 is 0 Å². The van der Waals surface area contributed by atoms with Crippen LogP contribution >= 0.6 is 0 Å². The minimum Gasteiger partial charge on any atom is -0.494 e. The van der Waals surface area contributed by atoms with Gasteiger partial charge >= 0.3 is 5.97 Å². The van der Waals surface area contributed by atoms with Crippen LogP contribution in [-0.4, -0.2) is 12.6 Å². The van der Waals surface area contributed by atoms with Gasteiger partial charge in [-0.05, 0) is 31.6 Å². The molecule has 15 heavy (non-hydrogen) atoms. The van der Waals surface area contributed by atoms with Gasteiger partial charge in [0.1, 0.15) is 5.76 Å². The predicted molar refractivity (Wildman–Crippen MR) is 55.7 cm³/mol. The first-order valence-corrected chi connectivity index (χ1v) is 5.19. The largest absolute Gasteiger partial charge is 0.494 e. The Bertz CT molecular complexity index is 339. The van der Waals surface area contributed by atoms with Crippen LogP contribution in [-0.2, 0) is 14.3 Å². The summed E-state index contributed by atoms with van der Waals surface area (Å²) < 4.78 is 10.2. The summed E-state index contributed by atoms with van der Waals surface area (Å²) in [5.41, 5.74) is 0. The molecule has 1 heterocycles. The second-order valence-corrected chi connectivity index (χ2v) is 3.60. The number of allylic oxidation sites excluding steroid dienone is 3. The van der Waals surface area contributed by atoms with Crippen molar-refractivity contribution >= 4 is 5.97 Å². The summed E-state index contributed by atoms with van der Waals surface area (Å²) in [6.07, 6.45) is 10.1. The van der Waals surface area contributed by atoms with Crippen LogP contribution in [0.5, 0.6) is 0 Å². The molecule has 0 spiro atoms. The number of cyclic esters (lactones) is 1. The molecule has 2 atom stereocenters. The van der Waals surface area contributed by atoms with E-state index in [1.807, 2.05) is 31.2 Å². The number of hydrogen-bond acceptors (Lipinski definition) is 3. The number of hydrogen-bond donors (Lipinski definition) is 0. The highest BCUT2D eigenvalue weighted by Gasteiger charge is 2.30. The van der Waals surface area contributed by atoms with E-state index in [0.717, 1.165) is 12.2 Å². The molecule has 0 aromatic carbocycles. The van der Waals surface area contributed by atoms with Crippen molar-refractivity contribution in [2.45, 2.75) is 13.3 Å². The van der Waals surface area contributed by atoms with Gasteiger partial charge in [-0.15, -0.1) is 0 Å². The zero-order chi connectivity index (χ0) is 10.7. The third-order valence-corrected chi connectivity index (χ3v) is 2.58. The van der Waals surface area contributed by atoms with Crippen molar-refractivity contribution in [1.82, 2.24) is 0 Å². The van der Waals surface area contributed by atoms with Gasteiger partial charge in [0.05, 0.1) is 18.8 Å². The Kier molecular flexibility index (Phi) is 2.90. The van der Waals surface area contributed by atoms with Gasteiger partial charge in [-0.2, -0.15) is 0 Å². The Morgan fingerprint density at radius 2 is 2.47 bits per heavy atom. The Morgan fingerprint density at radius 1 is 1.60 bits per heavy atom. The highest BCUT2D eigenvalue weighted by molar-refractivity contribution is 5.78. The lowest BCUT2D eigenvalue weighted by Gasteiger charge is -2.19. The third-order valence-electron chi connectivity index (χ3n) is 2.58. The van der Waals surface area contributed by atoms with Crippen LogP contribution in [0, 0.1) is 11.8 Å². The van der Waals surface area contributed by atoms with Crippen molar-refractivity contribution in [2.75, 3.05) is 6.61 Å². The maximum Gasteiger partial charge on any atom is 0.318 e. The fraction of sp³-hybridized carbons (Fsp3) is 0.417. The van der Waals surface area contributed by atoms with Crippen LogP contribution in [0.4, 0.5) is 0 Å². The van der Waals surface area contributed by atoms with E-state index in [0.29, 0.717) is 6.61 Å². The van der Waals surface area contributed by atoms with E-state index in [-0.39, 0.29) is 17.8 Å². The molecular weight excluding hydrogens is 192 g/mol. The molecule has 0 aromatic rings. The van der Waals surface area contributed by atoms with Gasteiger partial charge in [-0.3, -0.25) is 4.79 Å². The smallest absolute Gasteiger partial charge is 0.318 e. The van der Waals surface area contributed by atoms with Crippen LogP contribution in [0.2, 0.25) is 0 Å². The van der Waals surface area contributed by atoms with Crippen molar-refractivity contribution in [2.24, 2.45) is 11.8 Å². The van der Waals surface area contributed by atoms with Crippen LogP contribution in [0.3, 0.4) is 0 Å². The lowest BCUT2D eigenvalue weighted by atomic mass is 9.87. The van der Waals surface area contributed by atoms with E-state index < -0.39 is 0 Å². The molecule has 1 aliphatic carbocycles. The van der Waals surface area contributed by atoms with Crippen molar-refractivity contribution < 1.29 is 14.3 Å². The number of esters is 1. The molecule has 2 aliphatic rings. The van der Waals surface area contributed by atoms with Gasteiger partial charge in [-0.1, -0.05) is 6.08 Å². The summed E-state index contributed by atoms with van der Waals surface area (Å²) in [4.78, 5) is 11.4. The van der Waals surface area contributed by atoms with Gasteiger partial charge in [0, 0.05) is 5.92 Å². The predicted octanol–water partition coefficient (Wildman–Crippen LogP) is 2.17. The summed E-state index contributed by atoms with van der Waals surface area (Å²) in [6.45, 7) is 2.59. The lowest BCUT2D eigenvalue weighted by molar-refractivity contribution is -0.139. The topological polar surface area (TPSA) is 35.5 Å². The minimum absolute atomic E-state index is 0.148. The molecule has 3 nitrogen and oxygen atoms in total. The first kappa shape index (κ1) is 10.0. The molecule has 1 aliphatic heterocycles. The Hall–Kier alpha value is -1.51. The quantitative estimate of drug-likeness (QED) is 0.664. The van der Waals surface area contributed by atoms with Gasteiger partial charge in [-0.25, -0.2) is 0 Å². The molecule has 0 radical (unpaired) electrons. The number of rotatable bonds is 3. The first-order valence-electron chi connectivity index (χ1n) is 5.19. The van der Waals surface area contributed by atoms with E-state index in [1.165, 1.54) is 6.26 Å². The van der Waals surface area contributed by atoms with Crippen LogP contribution in [0.15, 0.2) is 36.3 Å². The van der Waals surface area contributed by atoms with Crippen molar-refractivity contribution in [1.29, 1.82) is 0 Å². The normalized spacial score (nSPS) is 28.9. The SMILES string of the molecule is CCOC1=CC(C2C=COC2=O)CC=C1. The average Bonchev–Trinajstić information content (AvgIpc) is 2.65. The molecule has 0 amide bonds. The third kappa shape index (κ3) is 2.12. The Balaban J connectivity index is 2.07. The molecule has 0 saturated heterocycles. The number of ether oxygens (including phenoxy) is 2. The summed E-state index contributed by atoms with van der Waals surface area (Å²) in [5.74, 6) is 0.706. The van der Waals surface area contributed by atoms with E-state index in [4.69, 9.17) is 9.47 Å². The van der Waals surface area contributed by atoms with Crippen LogP contribution < -0.4 is 0 Å². The fourth-order valence-electron chi connectivity index (χ4n) is 1.85. The molecule has 2 unspecified atom stereocenters. The maximum atomic E-state index is 11.4. The molecule has 0 bridgehead atoms. The second-order valence-electron chi connectivity index (χ2n) is 3.60. The zero-order valence-electron chi connectivity index (χ0n) is 8.68. The lowest BCUT2D eigenvalue weighted by Crippen LogP contribution is -2.19. The van der Waals surface area contributed by atoms with Gasteiger partial charge in [0.25, 0.3) is 0 Å². The van der Waals surface area contributed by atoms with Crippen molar-refractivity contribution in [3.8, 4) is 0 Å². The molecular formula is C12H14O3. The maximum absolute atomic E-state index is 11.4. The van der Waals surface area contributed by atoms with Gasteiger partial charge in [0.15, 0.2) is 0 Å². The molecule has 0 aromatic heterocycles. The minimum atomic E-state index is -0.164. The Labute approximate surface area is 89.1 Å². The molecule has 3 heteroatoms. The summed E-state index contributed by atoms with van der Waals surface area (Å²) in [7, 11) is 0. The molecule has 2 rings (SSSR count). The molecule has 0 N–H and O–H groups in total. The second kappa shape index (κ2) is 4.34. The van der Waals surface area contributed by atoms with Gasteiger partial charge < -0.3 is 9.47 Å². The number of carbonyl (C=O) groups excluding carboxylic acids is 1. The average molecular weight is 206 g/mol. The highest BCUT2D eigenvalue weighted by atomic mass is 16.5. The van der Waals surface area contributed by atoms with E-state index in [1.54, 1.807) is 0 Å². The van der Waals surface area contributed by atoms with E-state index in [9.17, 15) is 4.79 Å². The van der Waals surface area contributed by atoms with Crippen LogP contribution in [0.25, 0.3) is 0 Å². The standard InChI is InChI=1S/C12H14O3/c1-2-14-10-5-3-4-9(8-10)11-6-7-15-12(11)13/h3,5-9,11H,2,4H2,1H3. The van der Waals surface area contributed by atoms with Crippen LogP contribution in [0.1, 0.15) is 13.3 Å². The monoisotopic (exact) mass is 206 g/mol. The molecule has 0 fully saturated rings. The molecule has 0 saturated carbocycles. The van der Waals surface area contributed by atoms with Gasteiger partial charge in [0.2, 0.25) is 0 Å². The Morgan fingerprint density at radius 3 is 3.13 bits per heavy atom. The van der Waals surface area contributed by atoms with E-state index in [2.05, 4.69) is 0 Å². The summed E-state index contributed by atoms with van der Waals surface area (Å²) >= 11 is 0.